The Hall–Kier alpha value is -4.04. The molecule has 36 heavy (non-hydrogen) atoms. The zero-order chi connectivity index (χ0) is 24.5. The molecule has 0 saturated carbocycles. The van der Waals surface area contributed by atoms with Gasteiger partial charge in [-0.3, -0.25) is 5.10 Å². The van der Waals surface area contributed by atoms with Gasteiger partial charge in [-0.2, -0.15) is 5.10 Å². The molecule has 1 saturated heterocycles. The second-order valence-corrected chi connectivity index (χ2v) is 9.31. The summed E-state index contributed by atoms with van der Waals surface area (Å²) in [6, 6.07) is 12.5. The molecule has 4 heterocycles. The smallest absolute Gasteiger partial charge is 0.155 e. The molecule has 0 spiro atoms. The van der Waals surface area contributed by atoms with Crippen LogP contribution >= 0.6 is 0 Å². The molecule has 3 aliphatic heterocycles. The van der Waals surface area contributed by atoms with Crippen LogP contribution in [0.4, 0.5) is 11.4 Å². The monoisotopic (exact) mass is 482 g/mol. The zero-order valence-corrected chi connectivity index (χ0v) is 20.6. The van der Waals surface area contributed by atoms with E-state index >= 15 is 0 Å². The molecule has 1 fully saturated rings. The fourth-order valence-corrected chi connectivity index (χ4v) is 4.76. The summed E-state index contributed by atoms with van der Waals surface area (Å²) in [5.74, 6) is 2.09. The van der Waals surface area contributed by atoms with Gasteiger partial charge in [-0.05, 0) is 30.5 Å². The van der Waals surface area contributed by atoms with Crippen LogP contribution in [-0.4, -0.2) is 54.3 Å². The number of H-pyrrole nitrogens is 1. The van der Waals surface area contributed by atoms with E-state index in [0.29, 0.717) is 5.92 Å². The third kappa shape index (κ3) is 4.35. The van der Waals surface area contributed by atoms with Crippen LogP contribution in [0.25, 0.3) is 16.6 Å². The van der Waals surface area contributed by atoms with Gasteiger partial charge in [0, 0.05) is 48.2 Å². The van der Waals surface area contributed by atoms with Crippen LogP contribution in [0.2, 0.25) is 0 Å². The Kier molecular flexibility index (Phi) is 5.95. The molecule has 2 aromatic carbocycles. The molecule has 3 aromatic rings. The van der Waals surface area contributed by atoms with E-state index in [1.54, 1.807) is 7.11 Å². The standard InChI is InChI=1S/C28H30N6O2/c1-19-3-7-26-28(30-22-6-8-25(27(16-22)35-2)33-11-13-36-14-12-33)31-24(18-34(26)10-9-19)20-4-5-21-17-29-32-23(21)15-20/h4-10,15-19H,3,11-14H2,1-2H3,(H,29,32)(H,30,31). The molecule has 1 atom stereocenters. The van der Waals surface area contributed by atoms with Gasteiger partial charge >= 0.3 is 0 Å². The van der Waals surface area contributed by atoms with E-state index in [9.17, 15) is 0 Å². The van der Waals surface area contributed by atoms with Crippen LogP contribution in [0.3, 0.4) is 0 Å². The number of anilines is 2. The molecular weight excluding hydrogens is 452 g/mol. The molecule has 6 rings (SSSR count). The number of aliphatic imine (C=N–C) groups is 1. The molecule has 0 aliphatic carbocycles. The van der Waals surface area contributed by atoms with Gasteiger partial charge in [-0.15, -0.1) is 0 Å². The molecule has 3 aliphatic rings. The molecule has 8 nitrogen and oxygen atoms in total. The molecule has 8 heteroatoms. The summed E-state index contributed by atoms with van der Waals surface area (Å²) in [5, 5.41) is 11.9. The first kappa shape index (κ1) is 22.4. The number of nitrogens with zero attached hydrogens (tertiary/aromatic N) is 4. The molecule has 0 amide bonds. The van der Waals surface area contributed by atoms with Gasteiger partial charge < -0.3 is 24.6 Å². The third-order valence-corrected chi connectivity index (χ3v) is 6.80. The Morgan fingerprint density at radius 3 is 2.89 bits per heavy atom. The van der Waals surface area contributed by atoms with Gasteiger partial charge in [0.05, 0.1) is 49.1 Å². The lowest BCUT2D eigenvalue weighted by Crippen LogP contribution is -2.36. The Morgan fingerprint density at radius 1 is 1.14 bits per heavy atom. The minimum Gasteiger partial charge on any atom is -0.495 e. The number of morpholine rings is 1. The summed E-state index contributed by atoms with van der Waals surface area (Å²) >= 11 is 0. The van der Waals surface area contributed by atoms with Crippen LogP contribution < -0.4 is 15.0 Å². The predicted molar refractivity (Wildman–Crippen MR) is 144 cm³/mol. The molecule has 1 unspecified atom stereocenters. The molecule has 184 valence electrons. The maximum Gasteiger partial charge on any atom is 0.155 e. The number of hydrogen-bond acceptors (Lipinski definition) is 7. The maximum atomic E-state index is 5.77. The summed E-state index contributed by atoms with van der Waals surface area (Å²) in [6.45, 7) is 5.40. The number of allylic oxidation sites excluding steroid dienone is 2. The number of methoxy groups -OCH3 is 1. The van der Waals surface area contributed by atoms with E-state index in [4.69, 9.17) is 14.5 Å². The normalized spacial score (nSPS) is 19.8. The minimum atomic E-state index is 0.454. The first-order valence-corrected chi connectivity index (χ1v) is 12.4. The van der Waals surface area contributed by atoms with Gasteiger partial charge in [0.25, 0.3) is 0 Å². The second-order valence-electron chi connectivity index (χ2n) is 9.31. The number of hydrogen-bond donors (Lipinski definition) is 2. The van der Waals surface area contributed by atoms with Crippen molar-refractivity contribution in [3.8, 4) is 5.75 Å². The van der Waals surface area contributed by atoms with Gasteiger partial charge in [-0.25, -0.2) is 4.99 Å². The predicted octanol–water partition coefficient (Wildman–Crippen LogP) is 4.97. The first-order chi connectivity index (χ1) is 17.7. The highest BCUT2D eigenvalue weighted by Crippen LogP contribution is 2.34. The van der Waals surface area contributed by atoms with Crippen molar-refractivity contribution >= 4 is 33.8 Å². The lowest BCUT2D eigenvalue weighted by atomic mass is 10.1. The number of aromatic amines is 1. The number of rotatable bonds is 4. The summed E-state index contributed by atoms with van der Waals surface area (Å²) in [6.07, 6.45) is 11.5. The highest BCUT2D eigenvalue weighted by molar-refractivity contribution is 6.11. The van der Waals surface area contributed by atoms with Crippen LogP contribution in [-0.2, 0) is 4.74 Å². The first-order valence-electron chi connectivity index (χ1n) is 12.4. The lowest BCUT2D eigenvalue weighted by Gasteiger charge is -2.30. The average Bonchev–Trinajstić information content (AvgIpc) is 3.31. The lowest BCUT2D eigenvalue weighted by molar-refractivity contribution is 0.122. The minimum absolute atomic E-state index is 0.454. The van der Waals surface area contributed by atoms with E-state index < -0.39 is 0 Å². The summed E-state index contributed by atoms with van der Waals surface area (Å²) in [7, 11) is 1.72. The fraction of sp³-hybridized carbons (Fsp3) is 0.286. The van der Waals surface area contributed by atoms with Crippen molar-refractivity contribution in [3.63, 3.8) is 0 Å². The number of ether oxygens (including phenoxy) is 2. The molecule has 2 N–H and O–H groups in total. The number of benzene rings is 2. The van der Waals surface area contributed by atoms with Crippen LogP contribution in [0.15, 0.2) is 77.8 Å². The Bertz CT molecular complexity index is 1400. The van der Waals surface area contributed by atoms with Gasteiger partial charge in [-0.1, -0.05) is 31.2 Å². The Morgan fingerprint density at radius 2 is 2.03 bits per heavy atom. The van der Waals surface area contributed by atoms with Crippen molar-refractivity contribution in [1.82, 2.24) is 15.1 Å². The molecule has 1 aromatic heterocycles. The van der Waals surface area contributed by atoms with E-state index in [2.05, 4.69) is 87.1 Å². The van der Waals surface area contributed by atoms with E-state index in [1.165, 1.54) is 0 Å². The Balaban J connectivity index is 1.36. The van der Waals surface area contributed by atoms with Crippen molar-refractivity contribution in [1.29, 1.82) is 0 Å². The number of amidine groups is 1. The van der Waals surface area contributed by atoms with Crippen molar-refractivity contribution in [2.45, 2.75) is 13.3 Å². The third-order valence-electron chi connectivity index (χ3n) is 6.80. The Labute approximate surface area is 210 Å². The second kappa shape index (κ2) is 9.54. The summed E-state index contributed by atoms with van der Waals surface area (Å²) in [4.78, 5) is 9.54. The van der Waals surface area contributed by atoms with Crippen LogP contribution in [0.1, 0.15) is 18.9 Å². The van der Waals surface area contributed by atoms with Gasteiger partial charge in [0.15, 0.2) is 5.84 Å². The quantitative estimate of drug-likeness (QED) is 0.547. The molecule has 0 bridgehead atoms. The number of aromatic nitrogens is 2. The fourth-order valence-electron chi connectivity index (χ4n) is 4.76. The van der Waals surface area contributed by atoms with Crippen LogP contribution in [0, 0.1) is 5.92 Å². The van der Waals surface area contributed by atoms with E-state index in [0.717, 1.165) is 83.5 Å². The highest BCUT2D eigenvalue weighted by atomic mass is 16.5. The summed E-state index contributed by atoms with van der Waals surface area (Å²) < 4.78 is 11.3. The van der Waals surface area contributed by atoms with Gasteiger partial charge in [0.1, 0.15) is 5.75 Å². The average molecular weight is 483 g/mol. The topological polar surface area (TPSA) is 78.0 Å². The van der Waals surface area contributed by atoms with Crippen LogP contribution in [0.5, 0.6) is 5.75 Å². The largest absolute Gasteiger partial charge is 0.495 e. The van der Waals surface area contributed by atoms with Gasteiger partial charge in [0.2, 0.25) is 0 Å². The number of nitrogens with one attached hydrogen (secondary N) is 2. The highest BCUT2D eigenvalue weighted by Gasteiger charge is 2.23. The van der Waals surface area contributed by atoms with Crippen molar-refractivity contribution in [2.24, 2.45) is 10.9 Å². The van der Waals surface area contributed by atoms with Crippen molar-refractivity contribution < 1.29 is 9.47 Å². The number of fused-ring (bicyclic) bond motifs is 2. The van der Waals surface area contributed by atoms with E-state index in [-0.39, 0.29) is 0 Å². The zero-order valence-electron chi connectivity index (χ0n) is 20.6. The molecular formula is C28H30N6O2. The summed E-state index contributed by atoms with van der Waals surface area (Å²) in [5.41, 5.74) is 5.94. The SMILES string of the molecule is COc1cc(NC2=NC(c3ccc4cn[nH]c4c3)=CN3C=CC(C)CC=C23)ccc1N1CCOCC1. The van der Waals surface area contributed by atoms with Crippen molar-refractivity contribution in [2.75, 3.05) is 43.6 Å². The van der Waals surface area contributed by atoms with Crippen molar-refractivity contribution in [3.05, 3.63) is 78.4 Å². The molecule has 0 radical (unpaired) electrons. The maximum absolute atomic E-state index is 5.77. The van der Waals surface area contributed by atoms with E-state index in [1.807, 2.05) is 12.3 Å².